The molecule has 4 nitrogen and oxygen atoms in total. The average Bonchev–Trinajstić information content (AvgIpc) is 3.11. The minimum absolute atomic E-state index is 0.228. The van der Waals surface area contributed by atoms with Crippen molar-refractivity contribution in [1.29, 1.82) is 0 Å². The summed E-state index contributed by atoms with van der Waals surface area (Å²) < 4.78 is 1.98. The molecule has 102 valence electrons. The number of aromatic amines is 1. The van der Waals surface area contributed by atoms with Gasteiger partial charge in [-0.2, -0.15) is 5.10 Å². The molecule has 0 bridgehead atoms. The van der Waals surface area contributed by atoms with Crippen molar-refractivity contribution in [2.24, 2.45) is 0 Å². The van der Waals surface area contributed by atoms with Crippen LogP contribution in [0.3, 0.4) is 0 Å². The smallest absolute Gasteiger partial charge is 0.0763 e. The average molecular weight is 266 g/mol. The Morgan fingerprint density at radius 2 is 2.25 bits per heavy atom. The van der Waals surface area contributed by atoms with E-state index in [0.717, 1.165) is 19.5 Å². The Morgan fingerprint density at radius 1 is 1.35 bits per heavy atom. The number of aromatic nitrogens is 3. The Hall–Kier alpha value is -2.07. The van der Waals surface area contributed by atoms with Gasteiger partial charge in [0.15, 0.2) is 0 Å². The summed E-state index contributed by atoms with van der Waals surface area (Å²) in [5, 5.41) is 9.36. The molecule has 0 fully saturated rings. The lowest BCUT2D eigenvalue weighted by atomic mass is 9.96. The third-order valence-corrected chi connectivity index (χ3v) is 4.17. The van der Waals surface area contributed by atoms with Gasteiger partial charge < -0.3 is 10.3 Å². The van der Waals surface area contributed by atoms with Crippen molar-refractivity contribution in [2.45, 2.75) is 25.9 Å². The topological polar surface area (TPSA) is 45.6 Å². The quantitative estimate of drug-likeness (QED) is 0.749. The van der Waals surface area contributed by atoms with E-state index in [4.69, 9.17) is 0 Å². The summed E-state index contributed by atoms with van der Waals surface area (Å²) in [6.07, 6.45) is 5.19. The van der Waals surface area contributed by atoms with E-state index in [1.807, 2.05) is 10.9 Å². The number of fused-ring (bicyclic) bond motifs is 3. The van der Waals surface area contributed by atoms with Crippen LogP contribution in [0, 0.1) is 0 Å². The van der Waals surface area contributed by atoms with Gasteiger partial charge in [-0.15, -0.1) is 0 Å². The molecule has 0 saturated heterocycles. The Balaban J connectivity index is 1.85. The normalized spacial score (nSPS) is 18.4. The van der Waals surface area contributed by atoms with E-state index in [2.05, 4.69) is 52.8 Å². The van der Waals surface area contributed by atoms with Crippen molar-refractivity contribution >= 4 is 10.9 Å². The maximum Gasteiger partial charge on any atom is 0.0763 e. The SMILES string of the molecule is CCn1cc(C2NCCc3c2[nH]c2ccccc32)cn1. The van der Waals surface area contributed by atoms with Crippen molar-refractivity contribution in [3.63, 3.8) is 0 Å². The fourth-order valence-corrected chi connectivity index (χ4v) is 3.17. The van der Waals surface area contributed by atoms with E-state index in [1.54, 1.807) is 0 Å². The summed E-state index contributed by atoms with van der Waals surface area (Å²) in [5.41, 5.74) is 5.22. The number of rotatable bonds is 2. The molecule has 20 heavy (non-hydrogen) atoms. The van der Waals surface area contributed by atoms with E-state index in [1.165, 1.54) is 27.7 Å². The highest BCUT2D eigenvalue weighted by Crippen LogP contribution is 2.33. The number of nitrogens with zero attached hydrogens (tertiary/aromatic N) is 2. The molecule has 3 heterocycles. The third-order valence-electron chi connectivity index (χ3n) is 4.17. The summed E-state index contributed by atoms with van der Waals surface area (Å²) >= 11 is 0. The van der Waals surface area contributed by atoms with Crippen LogP contribution in [0.2, 0.25) is 0 Å². The van der Waals surface area contributed by atoms with Crippen LogP contribution in [0.1, 0.15) is 29.8 Å². The number of H-pyrrole nitrogens is 1. The van der Waals surface area contributed by atoms with E-state index < -0.39 is 0 Å². The largest absolute Gasteiger partial charge is 0.357 e. The fraction of sp³-hybridized carbons (Fsp3) is 0.312. The van der Waals surface area contributed by atoms with Crippen LogP contribution in [0.5, 0.6) is 0 Å². The molecule has 0 radical (unpaired) electrons. The van der Waals surface area contributed by atoms with Crippen LogP contribution in [0.4, 0.5) is 0 Å². The Kier molecular flexibility index (Phi) is 2.63. The van der Waals surface area contributed by atoms with Crippen LogP contribution in [0.15, 0.2) is 36.7 Å². The highest BCUT2D eigenvalue weighted by molar-refractivity contribution is 5.85. The lowest BCUT2D eigenvalue weighted by Gasteiger charge is -2.23. The summed E-state index contributed by atoms with van der Waals surface area (Å²) in [6, 6.07) is 8.79. The molecular formula is C16H18N4. The molecule has 0 aliphatic carbocycles. The van der Waals surface area contributed by atoms with Crippen LogP contribution in [-0.2, 0) is 13.0 Å². The zero-order valence-corrected chi connectivity index (χ0v) is 11.6. The fourth-order valence-electron chi connectivity index (χ4n) is 3.17. The van der Waals surface area contributed by atoms with Crippen molar-refractivity contribution in [3.8, 4) is 0 Å². The number of hydrogen-bond donors (Lipinski definition) is 2. The molecule has 1 aromatic carbocycles. The molecular weight excluding hydrogens is 248 g/mol. The second-order valence-corrected chi connectivity index (χ2v) is 5.33. The van der Waals surface area contributed by atoms with Crippen molar-refractivity contribution in [1.82, 2.24) is 20.1 Å². The van der Waals surface area contributed by atoms with Gasteiger partial charge in [-0.1, -0.05) is 18.2 Å². The van der Waals surface area contributed by atoms with Crippen LogP contribution < -0.4 is 5.32 Å². The molecule has 4 rings (SSSR count). The monoisotopic (exact) mass is 266 g/mol. The van der Waals surface area contributed by atoms with Gasteiger partial charge >= 0.3 is 0 Å². The lowest BCUT2D eigenvalue weighted by Crippen LogP contribution is -2.30. The first-order valence-electron chi connectivity index (χ1n) is 7.22. The summed E-state index contributed by atoms with van der Waals surface area (Å²) in [5.74, 6) is 0. The first-order valence-corrected chi connectivity index (χ1v) is 7.22. The zero-order valence-electron chi connectivity index (χ0n) is 11.6. The lowest BCUT2D eigenvalue weighted by molar-refractivity contribution is 0.559. The van der Waals surface area contributed by atoms with E-state index >= 15 is 0 Å². The molecule has 0 spiro atoms. The van der Waals surface area contributed by atoms with E-state index in [0.29, 0.717) is 0 Å². The van der Waals surface area contributed by atoms with Gasteiger partial charge in [0.25, 0.3) is 0 Å². The van der Waals surface area contributed by atoms with Gasteiger partial charge in [-0.05, 0) is 25.0 Å². The van der Waals surface area contributed by atoms with Crippen molar-refractivity contribution in [3.05, 3.63) is 53.5 Å². The van der Waals surface area contributed by atoms with Crippen LogP contribution in [-0.4, -0.2) is 21.3 Å². The molecule has 1 atom stereocenters. The summed E-state index contributed by atoms with van der Waals surface area (Å²) in [6.45, 7) is 4.03. The van der Waals surface area contributed by atoms with Gasteiger partial charge in [-0.25, -0.2) is 0 Å². The molecule has 3 aromatic rings. The zero-order chi connectivity index (χ0) is 13.5. The molecule has 1 aliphatic rings. The van der Waals surface area contributed by atoms with Crippen molar-refractivity contribution in [2.75, 3.05) is 6.54 Å². The molecule has 0 amide bonds. The Labute approximate surface area is 117 Å². The maximum atomic E-state index is 4.40. The highest BCUT2D eigenvalue weighted by atomic mass is 15.3. The number of nitrogens with one attached hydrogen (secondary N) is 2. The first kappa shape index (κ1) is 11.7. The van der Waals surface area contributed by atoms with Gasteiger partial charge in [0.05, 0.1) is 12.2 Å². The Bertz CT molecular complexity index is 753. The molecule has 2 N–H and O–H groups in total. The molecule has 1 unspecified atom stereocenters. The van der Waals surface area contributed by atoms with Crippen molar-refractivity contribution < 1.29 is 0 Å². The van der Waals surface area contributed by atoms with Gasteiger partial charge in [-0.3, -0.25) is 4.68 Å². The number of para-hydroxylation sites is 1. The van der Waals surface area contributed by atoms with E-state index in [-0.39, 0.29) is 6.04 Å². The second kappa shape index (κ2) is 4.49. The highest BCUT2D eigenvalue weighted by Gasteiger charge is 2.25. The maximum absolute atomic E-state index is 4.40. The minimum Gasteiger partial charge on any atom is -0.357 e. The van der Waals surface area contributed by atoms with E-state index in [9.17, 15) is 0 Å². The number of aryl methyl sites for hydroxylation is 1. The van der Waals surface area contributed by atoms with Crippen LogP contribution in [0.25, 0.3) is 10.9 Å². The van der Waals surface area contributed by atoms with Gasteiger partial charge in [0.1, 0.15) is 0 Å². The number of hydrogen-bond acceptors (Lipinski definition) is 2. The predicted octanol–water partition coefficient (Wildman–Crippen LogP) is 2.62. The summed E-state index contributed by atoms with van der Waals surface area (Å²) in [4.78, 5) is 3.59. The van der Waals surface area contributed by atoms with Crippen LogP contribution >= 0.6 is 0 Å². The standard InChI is InChI=1S/C16H18N4/c1-2-20-10-11(9-18-20)15-16-13(7-8-17-15)12-5-3-4-6-14(12)19-16/h3-6,9-10,15,17,19H,2,7-8H2,1H3. The molecule has 2 aromatic heterocycles. The minimum atomic E-state index is 0.228. The molecule has 0 saturated carbocycles. The molecule has 1 aliphatic heterocycles. The van der Waals surface area contributed by atoms with Gasteiger partial charge in [0, 0.05) is 41.4 Å². The molecule has 4 heteroatoms. The van der Waals surface area contributed by atoms with Gasteiger partial charge in [0.2, 0.25) is 0 Å². The Morgan fingerprint density at radius 3 is 3.10 bits per heavy atom. The second-order valence-electron chi connectivity index (χ2n) is 5.33. The summed E-state index contributed by atoms with van der Waals surface area (Å²) in [7, 11) is 0. The first-order chi connectivity index (χ1) is 9.86. The third kappa shape index (κ3) is 1.68. The predicted molar refractivity (Wildman–Crippen MR) is 79.7 cm³/mol. The number of benzene rings is 1.